The summed E-state index contributed by atoms with van der Waals surface area (Å²) in [6.45, 7) is 3.86. The minimum atomic E-state index is 0.667. The highest BCUT2D eigenvalue weighted by Gasteiger charge is 2.09. The van der Waals surface area contributed by atoms with Gasteiger partial charge in [-0.2, -0.15) is 0 Å². The third-order valence-electron chi connectivity index (χ3n) is 2.60. The molecule has 0 aromatic carbocycles. The lowest BCUT2D eigenvalue weighted by Crippen LogP contribution is -1.81. The number of aromatic nitrogens is 1. The lowest BCUT2D eigenvalue weighted by molar-refractivity contribution is 0.285. The molecular formula is C13H15NO2. The van der Waals surface area contributed by atoms with E-state index >= 15 is 0 Å². The molecule has 84 valence electrons. The molecule has 0 saturated heterocycles. The van der Waals surface area contributed by atoms with E-state index in [-0.39, 0.29) is 0 Å². The molecule has 1 aliphatic rings. The molecule has 0 unspecified atom stereocenters. The lowest BCUT2D eigenvalue weighted by Gasteiger charge is -1.98. The van der Waals surface area contributed by atoms with E-state index in [1.165, 1.54) is 0 Å². The second kappa shape index (κ2) is 4.39. The summed E-state index contributed by atoms with van der Waals surface area (Å²) in [5, 5.41) is 0. The second-order valence-electron chi connectivity index (χ2n) is 3.73. The fourth-order valence-electron chi connectivity index (χ4n) is 1.50. The van der Waals surface area contributed by atoms with E-state index in [4.69, 9.17) is 9.15 Å². The topological polar surface area (TPSA) is 35.3 Å². The van der Waals surface area contributed by atoms with Gasteiger partial charge in [-0.3, -0.25) is 0 Å². The summed E-state index contributed by atoms with van der Waals surface area (Å²) in [6, 6.07) is 0. The highest BCUT2D eigenvalue weighted by Crippen LogP contribution is 2.22. The van der Waals surface area contributed by atoms with Crippen LogP contribution in [0.4, 0.5) is 0 Å². The molecule has 16 heavy (non-hydrogen) atoms. The van der Waals surface area contributed by atoms with Crippen LogP contribution in [-0.2, 0) is 4.74 Å². The number of oxazole rings is 1. The molecule has 0 radical (unpaired) electrons. The van der Waals surface area contributed by atoms with E-state index in [0.717, 1.165) is 29.2 Å². The van der Waals surface area contributed by atoms with Crippen molar-refractivity contribution >= 4 is 5.57 Å². The fraction of sp³-hybridized carbons (Fsp3) is 0.308. The molecule has 0 amide bonds. The molecule has 2 rings (SSSR count). The first-order chi connectivity index (χ1) is 7.70. The van der Waals surface area contributed by atoms with Crippen molar-refractivity contribution in [2.45, 2.75) is 20.3 Å². The normalized spacial score (nSPS) is 15.4. The van der Waals surface area contributed by atoms with Gasteiger partial charge in [0, 0.05) is 12.0 Å². The predicted octanol–water partition coefficient (Wildman–Crippen LogP) is 3.17. The summed E-state index contributed by atoms with van der Waals surface area (Å²) < 4.78 is 10.8. The van der Waals surface area contributed by atoms with Crippen molar-refractivity contribution in [2.75, 3.05) is 7.11 Å². The third kappa shape index (κ3) is 2.08. The molecule has 1 aromatic heterocycles. The maximum absolute atomic E-state index is 5.58. The maximum Gasteiger partial charge on any atom is 0.226 e. The van der Waals surface area contributed by atoms with Gasteiger partial charge in [-0.1, -0.05) is 12.2 Å². The van der Waals surface area contributed by atoms with Gasteiger partial charge in [0.1, 0.15) is 5.76 Å². The van der Waals surface area contributed by atoms with Gasteiger partial charge in [0.15, 0.2) is 0 Å². The van der Waals surface area contributed by atoms with E-state index in [9.17, 15) is 0 Å². The molecular weight excluding hydrogens is 202 g/mol. The van der Waals surface area contributed by atoms with Gasteiger partial charge in [-0.05, 0) is 26.0 Å². The Morgan fingerprint density at radius 3 is 2.75 bits per heavy atom. The number of allylic oxidation sites excluding steroid dienone is 5. The molecule has 0 bridgehead atoms. The summed E-state index contributed by atoms with van der Waals surface area (Å²) >= 11 is 0. The number of nitrogens with zero attached hydrogens (tertiary/aromatic N) is 1. The van der Waals surface area contributed by atoms with Crippen LogP contribution in [0.5, 0.6) is 0 Å². The average molecular weight is 217 g/mol. The van der Waals surface area contributed by atoms with Crippen molar-refractivity contribution < 1.29 is 9.15 Å². The quantitative estimate of drug-likeness (QED) is 0.763. The Morgan fingerprint density at radius 2 is 2.12 bits per heavy atom. The minimum absolute atomic E-state index is 0.667. The maximum atomic E-state index is 5.58. The number of hydrogen-bond acceptors (Lipinski definition) is 3. The Bertz CT molecular complexity index is 459. The Morgan fingerprint density at radius 1 is 1.31 bits per heavy atom. The van der Waals surface area contributed by atoms with Crippen molar-refractivity contribution in [3.63, 3.8) is 0 Å². The number of hydrogen-bond donors (Lipinski definition) is 0. The van der Waals surface area contributed by atoms with E-state index < -0.39 is 0 Å². The smallest absolute Gasteiger partial charge is 0.226 e. The first kappa shape index (κ1) is 10.7. The average Bonchev–Trinajstić information content (AvgIpc) is 2.53. The summed E-state index contributed by atoms with van der Waals surface area (Å²) in [5.41, 5.74) is 1.91. The Hall–Kier alpha value is -1.77. The second-order valence-corrected chi connectivity index (χ2v) is 3.73. The van der Waals surface area contributed by atoms with E-state index in [1.807, 2.05) is 38.2 Å². The van der Waals surface area contributed by atoms with Gasteiger partial charge in [-0.25, -0.2) is 4.98 Å². The molecule has 1 aromatic rings. The Balaban J connectivity index is 2.34. The van der Waals surface area contributed by atoms with Crippen molar-refractivity contribution in [2.24, 2.45) is 0 Å². The molecule has 0 fully saturated rings. The molecule has 0 spiro atoms. The predicted molar refractivity (Wildman–Crippen MR) is 62.8 cm³/mol. The monoisotopic (exact) mass is 217 g/mol. The molecule has 0 atom stereocenters. The zero-order valence-corrected chi connectivity index (χ0v) is 9.78. The van der Waals surface area contributed by atoms with Gasteiger partial charge >= 0.3 is 0 Å². The van der Waals surface area contributed by atoms with Crippen LogP contribution < -0.4 is 0 Å². The van der Waals surface area contributed by atoms with Crippen molar-refractivity contribution in [3.8, 4) is 0 Å². The molecule has 0 aliphatic heterocycles. The molecule has 3 nitrogen and oxygen atoms in total. The SMILES string of the molecule is COC1=CC=C(c2nc(C)c(C)o2)C=CC1. The molecule has 0 saturated carbocycles. The lowest BCUT2D eigenvalue weighted by atomic mass is 10.2. The van der Waals surface area contributed by atoms with Crippen molar-refractivity contribution in [1.29, 1.82) is 0 Å². The van der Waals surface area contributed by atoms with Crippen LogP contribution in [0.15, 0.2) is 34.5 Å². The van der Waals surface area contributed by atoms with Crippen molar-refractivity contribution in [1.82, 2.24) is 4.98 Å². The number of rotatable bonds is 2. The Labute approximate surface area is 95.1 Å². The highest BCUT2D eigenvalue weighted by atomic mass is 16.5. The first-order valence-electron chi connectivity index (χ1n) is 5.26. The number of aryl methyl sites for hydroxylation is 2. The first-order valence-corrected chi connectivity index (χ1v) is 5.26. The fourth-order valence-corrected chi connectivity index (χ4v) is 1.50. The van der Waals surface area contributed by atoms with Crippen LogP contribution in [-0.4, -0.2) is 12.1 Å². The van der Waals surface area contributed by atoms with Crippen LogP contribution in [0.2, 0.25) is 0 Å². The highest BCUT2D eigenvalue weighted by molar-refractivity contribution is 5.71. The van der Waals surface area contributed by atoms with Gasteiger partial charge < -0.3 is 9.15 Å². The van der Waals surface area contributed by atoms with Gasteiger partial charge in [-0.15, -0.1) is 0 Å². The van der Waals surface area contributed by atoms with Crippen LogP contribution in [0.3, 0.4) is 0 Å². The van der Waals surface area contributed by atoms with Gasteiger partial charge in [0.05, 0.1) is 18.6 Å². The summed E-state index contributed by atoms with van der Waals surface area (Å²) in [6.07, 6.45) is 8.77. The standard InChI is InChI=1S/C13H15NO2/c1-9-10(2)16-13(14-9)11-5-4-6-12(15-3)8-7-11/h4-5,7-8H,6H2,1-3H3. The molecule has 3 heteroatoms. The van der Waals surface area contributed by atoms with Crippen LogP contribution in [0, 0.1) is 13.8 Å². The van der Waals surface area contributed by atoms with Crippen molar-refractivity contribution in [3.05, 3.63) is 47.4 Å². The third-order valence-corrected chi connectivity index (χ3v) is 2.60. The van der Waals surface area contributed by atoms with E-state index in [2.05, 4.69) is 4.98 Å². The zero-order chi connectivity index (χ0) is 11.5. The van der Waals surface area contributed by atoms with Gasteiger partial charge in [0.2, 0.25) is 5.89 Å². The zero-order valence-electron chi connectivity index (χ0n) is 9.78. The molecule has 0 N–H and O–H groups in total. The van der Waals surface area contributed by atoms with Crippen LogP contribution in [0.25, 0.3) is 5.57 Å². The number of methoxy groups -OCH3 is 1. The molecule has 1 heterocycles. The summed E-state index contributed by atoms with van der Waals surface area (Å²) in [5.74, 6) is 2.47. The Kier molecular flexibility index (Phi) is 2.95. The number of ether oxygens (including phenoxy) is 1. The largest absolute Gasteiger partial charge is 0.501 e. The van der Waals surface area contributed by atoms with E-state index in [0.29, 0.717) is 5.89 Å². The minimum Gasteiger partial charge on any atom is -0.501 e. The summed E-state index contributed by atoms with van der Waals surface area (Å²) in [4.78, 5) is 4.37. The van der Waals surface area contributed by atoms with Crippen LogP contribution in [0.1, 0.15) is 23.8 Å². The van der Waals surface area contributed by atoms with E-state index in [1.54, 1.807) is 7.11 Å². The molecule has 1 aliphatic carbocycles. The van der Waals surface area contributed by atoms with Gasteiger partial charge in [0.25, 0.3) is 0 Å². The van der Waals surface area contributed by atoms with Crippen LogP contribution >= 0.6 is 0 Å². The summed E-state index contributed by atoms with van der Waals surface area (Å²) in [7, 11) is 1.68.